The molecular weight excluding hydrogens is 286 g/mol. The topological polar surface area (TPSA) is 84.9 Å². The van der Waals surface area contributed by atoms with E-state index in [0.29, 0.717) is 31.1 Å². The van der Waals surface area contributed by atoms with Crippen LogP contribution < -0.4 is 14.8 Å². The van der Waals surface area contributed by atoms with Crippen molar-refractivity contribution < 1.29 is 24.2 Å². The van der Waals surface area contributed by atoms with Gasteiger partial charge in [0, 0.05) is 0 Å². The maximum absolute atomic E-state index is 12.1. The van der Waals surface area contributed by atoms with E-state index in [9.17, 15) is 14.7 Å². The second-order valence-electron chi connectivity index (χ2n) is 5.42. The van der Waals surface area contributed by atoms with Crippen LogP contribution in [0.4, 0.5) is 0 Å². The normalized spacial score (nSPS) is 15.7. The van der Waals surface area contributed by atoms with E-state index in [1.807, 2.05) is 13.8 Å². The van der Waals surface area contributed by atoms with Gasteiger partial charge in [-0.1, -0.05) is 26.3 Å². The minimum absolute atomic E-state index is 0.108. The van der Waals surface area contributed by atoms with E-state index in [1.54, 1.807) is 18.2 Å². The molecule has 0 aliphatic carbocycles. The molecule has 0 bridgehead atoms. The molecule has 22 heavy (non-hydrogen) atoms. The van der Waals surface area contributed by atoms with Crippen molar-refractivity contribution in [3.63, 3.8) is 0 Å². The van der Waals surface area contributed by atoms with Gasteiger partial charge in [0.25, 0.3) is 0 Å². The van der Waals surface area contributed by atoms with Crippen molar-refractivity contribution in [1.82, 2.24) is 5.32 Å². The number of carbonyl (C=O) groups excluding carboxylic acids is 1. The minimum atomic E-state index is -1.01. The van der Waals surface area contributed by atoms with Gasteiger partial charge in [0.2, 0.25) is 5.91 Å². The highest BCUT2D eigenvalue weighted by Gasteiger charge is 2.25. The SMILES string of the molecule is CCC(C)C(NC(=O)Cc1ccc2c(c1)OCCO2)C(=O)O. The predicted molar refractivity (Wildman–Crippen MR) is 80.2 cm³/mol. The summed E-state index contributed by atoms with van der Waals surface area (Å²) in [6, 6.07) is 4.44. The van der Waals surface area contributed by atoms with Gasteiger partial charge in [0.05, 0.1) is 6.42 Å². The first kappa shape index (κ1) is 16.1. The Hall–Kier alpha value is -2.24. The Kier molecular flexibility index (Phi) is 5.25. The van der Waals surface area contributed by atoms with Gasteiger partial charge in [-0.15, -0.1) is 0 Å². The largest absolute Gasteiger partial charge is 0.486 e. The third kappa shape index (κ3) is 3.90. The van der Waals surface area contributed by atoms with Crippen molar-refractivity contribution in [2.45, 2.75) is 32.7 Å². The Labute approximate surface area is 129 Å². The summed E-state index contributed by atoms with van der Waals surface area (Å²) in [7, 11) is 0. The van der Waals surface area contributed by atoms with Gasteiger partial charge in [-0.25, -0.2) is 4.79 Å². The fraction of sp³-hybridized carbons (Fsp3) is 0.500. The molecule has 6 nitrogen and oxygen atoms in total. The van der Waals surface area contributed by atoms with Crippen LogP contribution in [-0.2, 0) is 16.0 Å². The second-order valence-corrected chi connectivity index (χ2v) is 5.42. The fourth-order valence-electron chi connectivity index (χ4n) is 2.29. The number of fused-ring (bicyclic) bond motifs is 1. The van der Waals surface area contributed by atoms with Gasteiger partial charge in [0.1, 0.15) is 19.3 Å². The summed E-state index contributed by atoms with van der Waals surface area (Å²) >= 11 is 0. The number of amides is 1. The number of carbonyl (C=O) groups is 2. The van der Waals surface area contributed by atoms with Gasteiger partial charge in [0.15, 0.2) is 11.5 Å². The molecular formula is C16H21NO5. The fourth-order valence-corrected chi connectivity index (χ4v) is 2.29. The lowest BCUT2D eigenvalue weighted by Gasteiger charge is -2.21. The Bertz CT molecular complexity index is 557. The molecule has 0 radical (unpaired) electrons. The van der Waals surface area contributed by atoms with Crippen molar-refractivity contribution in [3.05, 3.63) is 23.8 Å². The van der Waals surface area contributed by atoms with Crippen molar-refractivity contribution in [2.75, 3.05) is 13.2 Å². The Morgan fingerprint density at radius 2 is 1.95 bits per heavy atom. The maximum Gasteiger partial charge on any atom is 0.326 e. The highest BCUT2D eigenvalue weighted by molar-refractivity contribution is 5.85. The monoisotopic (exact) mass is 307 g/mol. The van der Waals surface area contributed by atoms with Crippen LogP contribution in [-0.4, -0.2) is 36.2 Å². The minimum Gasteiger partial charge on any atom is -0.486 e. The van der Waals surface area contributed by atoms with Crippen molar-refractivity contribution in [3.8, 4) is 11.5 Å². The number of aliphatic carboxylic acids is 1. The quantitative estimate of drug-likeness (QED) is 0.834. The van der Waals surface area contributed by atoms with Crippen LogP contribution in [0.5, 0.6) is 11.5 Å². The highest BCUT2D eigenvalue weighted by atomic mass is 16.6. The molecule has 2 N–H and O–H groups in total. The molecule has 0 saturated heterocycles. The molecule has 1 amide bonds. The van der Waals surface area contributed by atoms with Crippen molar-refractivity contribution >= 4 is 11.9 Å². The molecule has 1 aromatic carbocycles. The summed E-state index contributed by atoms with van der Waals surface area (Å²) in [5.41, 5.74) is 0.759. The van der Waals surface area contributed by atoms with Crippen LogP contribution in [0, 0.1) is 5.92 Å². The van der Waals surface area contributed by atoms with Gasteiger partial charge in [-0.3, -0.25) is 4.79 Å². The summed E-state index contributed by atoms with van der Waals surface area (Å²) in [5, 5.41) is 11.8. The zero-order valence-electron chi connectivity index (χ0n) is 12.8. The summed E-state index contributed by atoms with van der Waals surface area (Å²) in [6.45, 7) is 4.70. The lowest BCUT2D eigenvalue weighted by Crippen LogP contribution is -2.45. The van der Waals surface area contributed by atoms with Crippen LogP contribution in [0.3, 0.4) is 0 Å². The number of carboxylic acids is 1. The first-order valence-electron chi connectivity index (χ1n) is 7.42. The van der Waals surface area contributed by atoms with E-state index in [-0.39, 0.29) is 18.2 Å². The average molecular weight is 307 g/mol. The summed E-state index contributed by atoms with van der Waals surface area (Å²) in [5.74, 6) is -0.164. The van der Waals surface area contributed by atoms with E-state index in [2.05, 4.69) is 5.32 Å². The van der Waals surface area contributed by atoms with Crippen LogP contribution in [0.1, 0.15) is 25.8 Å². The summed E-state index contributed by atoms with van der Waals surface area (Å²) in [6.07, 6.45) is 0.790. The second kappa shape index (κ2) is 7.15. The molecule has 0 saturated carbocycles. The van der Waals surface area contributed by atoms with Gasteiger partial charge in [-0.05, 0) is 23.6 Å². The van der Waals surface area contributed by atoms with Crippen LogP contribution in [0.2, 0.25) is 0 Å². The Balaban J connectivity index is 2.00. The van der Waals surface area contributed by atoms with Gasteiger partial charge in [-0.2, -0.15) is 0 Å². The van der Waals surface area contributed by atoms with E-state index >= 15 is 0 Å². The van der Waals surface area contributed by atoms with Crippen molar-refractivity contribution in [2.24, 2.45) is 5.92 Å². The number of carboxylic acid groups (broad SMARTS) is 1. The molecule has 0 aromatic heterocycles. The van der Waals surface area contributed by atoms with E-state index in [1.165, 1.54) is 0 Å². The molecule has 2 rings (SSSR count). The standard InChI is InChI=1S/C16H21NO5/c1-3-10(2)15(16(19)20)17-14(18)9-11-4-5-12-13(8-11)22-7-6-21-12/h4-5,8,10,15H,3,6-7,9H2,1-2H3,(H,17,18)(H,19,20). The molecule has 1 aliphatic rings. The smallest absolute Gasteiger partial charge is 0.326 e. The van der Waals surface area contributed by atoms with Gasteiger partial charge < -0.3 is 19.9 Å². The van der Waals surface area contributed by atoms with E-state index in [0.717, 1.165) is 5.56 Å². The number of benzene rings is 1. The number of hydrogen-bond acceptors (Lipinski definition) is 4. The lowest BCUT2D eigenvalue weighted by molar-refractivity contribution is -0.143. The van der Waals surface area contributed by atoms with Crippen molar-refractivity contribution in [1.29, 1.82) is 0 Å². The zero-order valence-corrected chi connectivity index (χ0v) is 12.8. The molecule has 0 spiro atoms. The average Bonchev–Trinajstić information content (AvgIpc) is 2.51. The zero-order chi connectivity index (χ0) is 16.1. The van der Waals surface area contributed by atoms with Crippen LogP contribution in [0.25, 0.3) is 0 Å². The lowest BCUT2D eigenvalue weighted by atomic mass is 9.99. The van der Waals surface area contributed by atoms with Crippen LogP contribution >= 0.6 is 0 Å². The first-order valence-corrected chi connectivity index (χ1v) is 7.42. The highest BCUT2D eigenvalue weighted by Crippen LogP contribution is 2.30. The predicted octanol–water partition coefficient (Wildman–Crippen LogP) is 1.62. The van der Waals surface area contributed by atoms with E-state index < -0.39 is 12.0 Å². The first-order chi connectivity index (χ1) is 10.5. The van der Waals surface area contributed by atoms with Crippen LogP contribution in [0.15, 0.2) is 18.2 Å². The number of nitrogens with one attached hydrogen (secondary N) is 1. The molecule has 0 fully saturated rings. The van der Waals surface area contributed by atoms with Gasteiger partial charge >= 0.3 is 5.97 Å². The molecule has 1 aromatic rings. The number of rotatable bonds is 6. The Morgan fingerprint density at radius 3 is 2.59 bits per heavy atom. The number of ether oxygens (including phenoxy) is 2. The molecule has 1 heterocycles. The van der Waals surface area contributed by atoms with E-state index in [4.69, 9.17) is 9.47 Å². The summed E-state index contributed by atoms with van der Waals surface area (Å²) in [4.78, 5) is 23.3. The molecule has 2 atom stereocenters. The third-order valence-electron chi connectivity index (χ3n) is 3.77. The molecule has 2 unspecified atom stereocenters. The number of hydrogen-bond donors (Lipinski definition) is 2. The summed E-state index contributed by atoms with van der Waals surface area (Å²) < 4.78 is 10.9. The Morgan fingerprint density at radius 1 is 1.27 bits per heavy atom. The molecule has 6 heteroatoms. The molecule has 120 valence electrons. The maximum atomic E-state index is 12.1. The molecule has 1 aliphatic heterocycles. The third-order valence-corrected chi connectivity index (χ3v) is 3.77.